The van der Waals surface area contributed by atoms with Gasteiger partial charge in [-0.15, -0.1) is 0 Å². The molecule has 0 fully saturated rings. The third-order valence-corrected chi connectivity index (χ3v) is 3.78. The minimum absolute atomic E-state index is 0.120. The van der Waals surface area contributed by atoms with Gasteiger partial charge in [-0.25, -0.2) is 0 Å². The molecular weight excluding hydrogens is 360 g/mol. The highest BCUT2D eigenvalue weighted by Crippen LogP contribution is 2.19. The molecule has 3 N–H and O–H groups in total. The predicted octanol–water partition coefficient (Wildman–Crippen LogP) is 2.73. The standard InChI is InChI=1S/C17H17BrN2O3/c1-11-2-3-13(16(22)19-8-9-21)10-15(11)20-17(23)12-4-6-14(18)7-5-12/h2-7,10,21H,8-9H2,1H3,(H,19,22)(H,20,23). The van der Waals surface area contributed by atoms with E-state index in [0.29, 0.717) is 16.8 Å². The summed E-state index contributed by atoms with van der Waals surface area (Å²) in [7, 11) is 0. The first kappa shape index (κ1) is 17.2. The van der Waals surface area contributed by atoms with E-state index in [-0.39, 0.29) is 25.0 Å². The Morgan fingerprint density at radius 3 is 2.35 bits per heavy atom. The fourth-order valence-corrected chi connectivity index (χ4v) is 2.23. The summed E-state index contributed by atoms with van der Waals surface area (Å²) >= 11 is 3.33. The van der Waals surface area contributed by atoms with Crippen LogP contribution in [0.25, 0.3) is 0 Å². The minimum atomic E-state index is -0.293. The lowest BCUT2D eigenvalue weighted by atomic mass is 10.1. The number of aryl methyl sites for hydroxylation is 1. The van der Waals surface area contributed by atoms with Gasteiger partial charge in [-0.3, -0.25) is 9.59 Å². The molecule has 0 heterocycles. The lowest BCUT2D eigenvalue weighted by molar-refractivity contribution is 0.0943. The lowest BCUT2D eigenvalue weighted by Crippen LogP contribution is -2.26. The topological polar surface area (TPSA) is 78.4 Å². The van der Waals surface area contributed by atoms with Crippen molar-refractivity contribution in [3.05, 3.63) is 63.6 Å². The molecular formula is C17H17BrN2O3. The van der Waals surface area contributed by atoms with Gasteiger partial charge in [0.05, 0.1) is 6.61 Å². The molecule has 23 heavy (non-hydrogen) atoms. The first-order chi connectivity index (χ1) is 11.0. The average molecular weight is 377 g/mol. The van der Waals surface area contributed by atoms with E-state index in [4.69, 9.17) is 5.11 Å². The van der Waals surface area contributed by atoms with E-state index in [1.165, 1.54) is 0 Å². The third kappa shape index (κ3) is 4.64. The minimum Gasteiger partial charge on any atom is -0.395 e. The van der Waals surface area contributed by atoms with Crippen LogP contribution in [0.4, 0.5) is 5.69 Å². The van der Waals surface area contributed by atoms with E-state index in [9.17, 15) is 9.59 Å². The zero-order valence-electron chi connectivity index (χ0n) is 12.6. The number of anilines is 1. The number of carbonyl (C=O) groups is 2. The summed E-state index contributed by atoms with van der Waals surface area (Å²) in [5.74, 6) is -0.535. The molecule has 0 unspecified atom stereocenters. The van der Waals surface area contributed by atoms with Crippen LogP contribution in [-0.4, -0.2) is 30.1 Å². The molecule has 5 nitrogen and oxygen atoms in total. The molecule has 2 aromatic carbocycles. The van der Waals surface area contributed by atoms with E-state index in [0.717, 1.165) is 10.0 Å². The second-order valence-corrected chi connectivity index (χ2v) is 5.89. The Labute approximate surface area is 142 Å². The van der Waals surface area contributed by atoms with E-state index < -0.39 is 0 Å². The molecule has 2 aromatic rings. The van der Waals surface area contributed by atoms with Crippen molar-refractivity contribution >= 4 is 33.4 Å². The molecule has 0 spiro atoms. The van der Waals surface area contributed by atoms with Gasteiger partial charge >= 0.3 is 0 Å². The summed E-state index contributed by atoms with van der Waals surface area (Å²) in [5.41, 5.74) is 2.39. The summed E-state index contributed by atoms with van der Waals surface area (Å²) in [6.45, 7) is 1.92. The number of aliphatic hydroxyl groups is 1. The van der Waals surface area contributed by atoms with Crippen LogP contribution in [0.1, 0.15) is 26.3 Å². The molecule has 6 heteroatoms. The number of hydrogen-bond acceptors (Lipinski definition) is 3. The molecule has 2 rings (SSSR count). The zero-order chi connectivity index (χ0) is 16.8. The van der Waals surface area contributed by atoms with E-state index in [1.54, 1.807) is 42.5 Å². The van der Waals surface area contributed by atoms with Crippen LogP contribution in [-0.2, 0) is 0 Å². The summed E-state index contributed by atoms with van der Waals surface area (Å²) in [5, 5.41) is 14.1. The monoisotopic (exact) mass is 376 g/mol. The highest BCUT2D eigenvalue weighted by molar-refractivity contribution is 9.10. The highest BCUT2D eigenvalue weighted by atomic mass is 79.9. The number of halogens is 1. The second-order valence-electron chi connectivity index (χ2n) is 4.97. The highest BCUT2D eigenvalue weighted by Gasteiger charge is 2.11. The fraction of sp³-hybridized carbons (Fsp3) is 0.176. The van der Waals surface area contributed by atoms with Crippen LogP contribution < -0.4 is 10.6 Å². The van der Waals surface area contributed by atoms with E-state index >= 15 is 0 Å². The Bertz CT molecular complexity index is 714. The smallest absolute Gasteiger partial charge is 0.255 e. The van der Waals surface area contributed by atoms with Crippen molar-refractivity contribution in [1.82, 2.24) is 5.32 Å². The fourth-order valence-electron chi connectivity index (χ4n) is 1.97. The Morgan fingerprint density at radius 2 is 1.70 bits per heavy atom. The first-order valence-electron chi connectivity index (χ1n) is 7.08. The van der Waals surface area contributed by atoms with Crippen molar-refractivity contribution in [3.8, 4) is 0 Å². The Morgan fingerprint density at radius 1 is 1.04 bits per heavy atom. The van der Waals surface area contributed by atoms with Crippen LogP contribution >= 0.6 is 15.9 Å². The number of amides is 2. The molecule has 0 radical (unpaired) electrons. The van der Waals surface area contributed by atoms with Gasteiger partial charge in [0.1, 0.15) is 0 Å². The van der Waals surface area contributed by atoms with E-state index in [2.05, 4.69) is 26.6 Å². The number of nitrogens with one attached hydrogen (secondary N) is 2. The number of hydrogen-bond donors (Lipinski definition) is 3. The van der Waals surface area contributed by atoms with Crippen LogP contribution in [0.3, 0.4) is 0 Å². The molecule has 0 aliphatic rings. The van der Waals surface area contributed by atoms with Crippen molar-refractivity contribution in [2.24, 2.45) is 0 Å². The summed E-state index contributed by atoms with van der Waals surface area (Å²) < 4.78 is 0.896. The number of carbonyl (C=O) groups excluding carboxylic acids is 2. The Hall–Kier alpha value is -2.18. The van der Waals surface area contributed by atoms with Crippen molar-refractivity contribution in [2.75, 3.05) is 18.5 Å². The van der Waals surface area contributed by atoms with Crippen molar-refractivity contribution in [2.45, 2.75) is 6.92 Å². The maximum atomic E-state index is 12.3. The van der Waals surface area contributed by atoms with Crippen LogP contribution in [0, 0.1) is 6.92 Å². The average Bonchev–Trinajstić information content (AvgIpc) is 2.55. The van der Waals surface area contributed by atoms with Gasteiger partial charge in [-0.05, 0) is 48.9 Å². The molecule has 0 aromatic heterocycles. The molecule has 0 bridgehead atoms. The van der Waals surface area contributed by atoms with Gasteiger partial charge in [0, 0.05) is 27.8 Å². The second kappa shape index (κ2) is 7.89. The molecule has 120 valence electrons. The normalized spacial score (nSPS) is 10.2. The molecule has 0 saturated carbocycles. The van der Waals surface area contributed by atoms with Crippen LogP contribution in [0.2, 0.25) is 0 Å². The van der Waals surface area contributed by atoms with Crippen LogP contribution in [0.15, 0.2) is 46.9 Å². The van der Waals surface area contributed by atoms with Crippen molar-refractivity contribution in [1.29, 1.82) is 0 Å². The SMILES string of the molecule is Cc1ccc(C(=O)NCCO)cc1NC(=O)c1ccc(Br)cc1. The van der Waals surface area contributed by atoms with Gasteiger partial charge in [0.2, 0.25) is 0 Å². The number of benzene rings is 2. The Kier molecular flexibility index (Phi) is 5.90. The largest absolute Gasteiger partial charge is 0.395 e. The number of rotatable bonds is 5. The summed E-state index contributed by atoms with van der Waals surface area (Å²) in [6.07, 6.45) is 0. The molecule has 0 atom stereocenters. The van der Waals surface area contributed by atoms with E-state index in [1.807, 2.05) is 6.92 Å². The van der Waals surface area contributed by atoms with Crippen molar-refractivity contribution in [3.63, 3.8) is 0 Å². The zero-order valence-corrected chi connectivity index (χ0v) is 14.2. The molecule has 2 amide bonds. The van der Waals surface area contributed by atoms with Gasteiger partial charge in [0.25, 0.3) is 11.8 Å². The maximum absolute atomic E-state index is 12.3. The maximum Gasteiger partial charge on any atom is 0.255 e. The number of aliphatic hydroxyl groups excluding tert-OH is 1. The van der Waals surface area contributed by atoms with Gasteiger partial charge in [0.15, 0.2) is 0 Å². The van der Waals surface area contributed by atoms with Gasteiger partial charge in [-0.1, -0.05) is 22.0 Å². The molecule has 0 saturated heterocycles. The summed E-state index contributed by atoms with van der Waals surface area (Å²) in [6, 6.07) is 12.1. The van der Waals surface area contributed by atoms with Crippen LogP contribution in [0.5, 0.6) is 0 Å². The molecule has 0 aliphatic heterocycles. The first-order valence-corrected chi connectivity index (χ1v) is 7.87. The van der Waals surface area contributed by atoms with Crippen molar-refractivity contribution < 1.29 is 14.7 Å². The third-order valence-electron chi connectivity index (χ3n) is 3.25. The lowest BCUT2D eigenvalue weighted by Gasteiger charge is -2.11. The quantitative estimate of drug-likeness (QED) is 0.750. The van der Waals surface area contributed by atoms with Gasteiger partial charge in [-0.2, -0.15) is 0 Å². The predicted molar refractivity (Wildman–Crippen MR) is 92.7 cm³/mol. The van der Waals surface area contributed by atoms with Gasteiger partial charge < -0.3 is 15.7 Å². The Balaban J connectivity index is 2.17. The summed E-state index contributed by atoms with van der Waals surface area (Å²) in [4.78, 5) is 24.2. The molecule has 0 aliphatic carbocycles.